The smallest absolute Gasteiger partial charge is 0.408 e. The van der Waals surface area contributed by atoms with Gasteiger partial charge in [-0.25, -0.2) is 9.78 Å². The Bertz CT molecular complexity index is 660. The Morgan fingerprint density at radius 1 is 1.21 bits per heavy atom. The monoisotopic (exact) mass is 521 g/mol. The van der Waals surface area contributed by atoms with Crippen molar-refractivity contribution in [3.63, 3.8) is 0 Å². The summed E-state index contributed by atoms with van der Waals surface area (Å²) >= 11 is 0. The number of nitrogens with zero attached hydrogens (tertiary/aromatic N) is 2. The summed E-state index contributed by atoms with van der Waals surface area (Å²) in [5, 5.41) is 9.32. The zero-order valence-corrected chi connectivity index (χ0v) is 20.9. The molecular formula is C20H36IN5O3. The Morgan fingerprint density at radius 2 is 1.90 bits per heavy atom. The van der Waals surface area contributed by atoms with E-state index in [2.05, 4.69) is 32.9 Å². The van der Waals surface area contributed by atoms with Gasteiger partial charge in [-0.1, -0.05) is 13.0 Å². The molecule has 0 aliphatic carbocycles. The molecule has 0 atom stereocenters. The highest BCUT2D eigenvalue weighted by Crippen LogP contribution is 2.14. The molecule has 9 heteroatoms. The van der Waals surface area contributed by atoms with Crippen LogP contribution in [0.2, 0.25) is 0 Å². The second-order valence-corrected chi connectivity index (χ2v) is 8.11. The third kappa shape index (κ3) is 11.7. The van der Waals surface area contributed by atoms with Crippen LogP contribution in [-0.2, 0) is 11.3 Å². The van der Waals surface area contributed by atoms with Gasteiger partial charge in [0, 0.05) is 31.9 Å². The van der Waals surface area contributed by atoms with Gasteiger partial charge in [0.15, 0.2) is 5.96 Å². The van der Waals surface area contributed by atoms with Crippen LogP contribution in [0.25, 0.3) is 0 Å². The molecule has 0 saturated carbocycles. The van der Waals surface area contributed by atoms with E-state index >= 15 is 0 Å². The number of rotatable bonds is 8. The first-order valence-electron chi connectivity index (χ1n) is 9.58. The van der Waals surface area contributed by atoms with E-state index < -0.39 is 17.2 Å². The molecular weight excluding hydrogens is 485 g/mol. The maximum absolute atomic E-state index is 12.0. The number of carbonyl (C=O) groups excluding carboxylic acids is 1. The SMILES string of the molecule is CCCOc1ncccc1CNC(=NC)NCC(C)(C)NC(=O)OC(C)(C)C.I. The summed E-state index contributed by atoms with van der Waals surface area (Å²) in [6.45, 7) is 13.0. The Labute approximate surface area is 191 Å². The maximum atomic E-state index is 12.0. The van der Waals surface area contributed by atoms with E-state index in [4.69, 9.17) is 9.47 Å². The molecule has 0 aromatic carbocycles. The van der Waals surface area contributed by atoms with Crippen LogP contribution in [0.3, 0.4) is 0 Å². The minimum Gasteiger partial charge on any atom is -0.477 e. The van der Waals surface area contributed by atoms with Gasteiger partial charge in [0.1, 0.15) is 5.60 Å². The van der Waals surface area contributed by atoms with E-state index in [1.807, 2.05) is 46.8 Å². The highest BCUT2D eigenvalue weighted by atomic mass is 127. The highest BCUT2D eigenvalue weighted by Gasteiger charge is 2.24. The fourth-order valence-corrected chi connectivity index (χ4v) is 2.22. The molecule has 166 valence electrons. The maximum Gasteiger partial charge on any atom is 0.408 e. The molecule has 8 nitrogen and oxygen atoms in total. The molecule has 1 aromatic rings. The van der Waals surface area contributed by atoms with Crippen molar-refractivity contribution in [3.05, 3.63) is 23.9 Å². The first-order valence-corrected chi connectivity index (χ1v) is 9.58. The van der Waals surface area contributed by atoms with Crippen LogP contribution in [-0.4, -0.2) is 48.4 Å². The number of aromatic nitrogens is 1. The Kier molecular flexibility index (Phi) is 11.9. The molecule has 0 aliphatic heterocycles. The first-order chi connectivity index (χ1) is 13.1. The molecule has 0 aliphatic rings. The van der Waals surface area contributed by atoms with Gasteiger partial charge in [-0.3, -0.25) is 4.99 Å². The van der Waals surface area contributed by atoms with E-state index in [1.54, 1.807) is 13.2 Å². The van der Waals surface area contributed by atoms with Gasteiger partial charge < -0.3 is 25.4 Å². The molecule has 0 spiro atoms. The van der Waals surface area contributed by atoms with E-state index in [9.17, 15) is 4.79 Å². The summed E-state index contributed by atoms with van der Waals surface area (Å²) in [5.41, 5.74) is -0.110. The lowest BCUT2D eigenvalue weighted by Gasteiger charge is -2.29. The number of amides is 1. The lowest BCUT2D eigenvalue weighted by Crippen LogP contribution is -2.54. The fraction of sp³-hybridized carbons (Fsp3) is 0.650. The number of nitrogens with one attached hydrogen (secondary N) is 3. The molecule has 0 fully saturated rings. The van der Waals surface area contributed by atoms with Gasteiger partial charge in [0.05, 0.1) is 12.1 Å². The van der Waals surface area contributed by atoms with E-state index in [1.165, 1.54) is 0 Å². The second-order valence-electron chi connectivity index (χ2n) is 8.11. The van der Waals surface area contributed by atoms with Gasteiger partial charge >= 0.3 is 6.09 Å². The Balaban J connectivity index is 0.00000784. The van der Waals surface area contributed by atoms with Gasteiger partial charge in [-0.05, 0) is 47.1 Å². The molecule has 29 heavy (non-hydrogen) atoms. The predicted molar refractivity (Wildman–Crippen MR) is 127 cm³/mol. The van der Waals surface area contributed by atoms with Crippen molar-refractivity contribution in [2.45, 2.75) is 65.6 Å². The van der Waals surface area contributed by atoms with E-state index in [-0.39, 0.29) is 24.0 Å². The molecule has 0 saturated heterocycles. The third-order valence-electron chi connectivity index (χ3n) is 3.50. The van der Waals surface area contributed by atoms with Crippen LogP contribution in [0.1, 0.15) is 53.5 Å². The summed E-state index contributed by atoms with van der Waals surface area (Å²) in [4.78, 5) is 20.5. The minimum absolute atomic E-state index is 0. The van der Waals surface area contributed by atoms with Gasteiger partial charge in [-0.15, -0.1) is 24.0 Å². The minimum atomic E-state index is -0.535. The normalized spacial score (nSPS) is 11.9. The van der Waals surface area contributed by atoms with Crippen LogP contribution in [0.4, 0.5) is 4.79 Å². The lowest BCUT2D eigenvalue weighted by molar-refractivity contribution is 0.0474. The predicted octanol–water partition coefficient (Wildman–Crippen LogP) is 3.46. The molecule has 1 heterocycles. The lowest BCUT2D eigenvalue weighted by atomic mass is 10.1. The number of aliphatic imine (C=N–C) groups is 1. The summed E-state index contributed by atoms with van der Waals surface area (Å²) in [7, 11) is 1.70. The quantitative estimate of drug-likeness (QED) is 0.276. The Hall–Kier alpha value is -1.78. The number of hydrogen-bond acceptors (Lipinski definition) is 5. The van der Waals surface area contributed by atoms with E-state index in [0.717, 1.165) is 12.0 Å². The average Bonchev–Trinajstić information content (AvgIpc) is 2.58. The Morgan fingerprint density at radius 3 is 2.48 bits per heavy atom. The largest absolute Gasteiger partial charge is 0.477 e. The zero-order chi connectivity index (χ0) is 21.2. The van der Waals surface area contributed by atoms with Gasteiger partial charge in [0.2, 0.25) is 5.88 Å². The van der Waals surface area contributed by atoms with Crippen molar-refractivity contribution in [2.75, 3.05) is 20.2 Å². The van der Waals surface area contributed by atoms with Crippen molar-refractivity contribution < 1.29 is 14.3 Å². The van der Waals surface area contributed by atoms with Crippen molar-refractivity contribution >= 4 is 36.0 Å². The van der Waals surface area contributed by atoms with E-state index in [0.29, 0.717) is 31.5 Å². The summed E-state index contributed by atoms with van der Waals surface area (Å²) in [6.07, 6.45) is 2.19. The van der Waals surface area contributed by atoms with Crippen LogP contribution < -0.4 is 20.7 Å². The zero-order valence-electron chi connectivity index (χ0n) is 18.6. The number of ether oxygens (including phenoxy) is 2. The van der Waals surface area contributed by atoms with Crippen LogP contribution in [0.5, 0.6) is 5.88 Å². The third-order valence-corrected chi connectivity index (χ3v) is 3.50. The number of guanidine groups is 1. The number of carbonyl (C=O) groups is 1. The average molecular weight is 521 g/mol. The number of pyridine rings is 1. The van der Waals surface area contributed by atoms with Crippen LogP contribution in [0, 0.1) is 0 Å². The molecule has 1 amide bonds. The summed E-state index contributed by atoms with van der Waals surface area (Å²) in [5.74, 6) is 1.24. The molecule has 3 N–H and O–H groups in total. The van der Waals surface area contributed by atoms with Gasteiger partial charge in [0.25, 0.3) is 0 Å². The second kappa shape index (κ2) is 12.7. The van der Waals surface area contributed by atoms with Crippen molar-refractivity contribution in [3.8, 4) is 5.88 Å². The number of halogens is 1. The van der Waals surface area contributed by atoms with Crippen LogP contribution >= 0.6 is 24.0 Å². The molecule has 1 aromatic heterocycles. The van der Waals surface area contributed by atoms with Crippen molar-refractivity contribution in [2.24, 2.45) is 4.99 Å². The topological polar surface area (TPSA) is 96.9 Å². The number of hydrogen-bond donors (Lipinski definition) is 3. The van der Waals surface area contributed by atoms with Crippen LogP contribution in [0.15, 0.2) is 23.3 Å². The molecule has 0 radical (unpaired) electrons. The summed E-state index contributed by atoms with van der Waals surface area (Å²) in [6, 6.07) is 3.84. The van der Waals surface area contributed by atoms with Crippen molar-refractivity contribution in [1.82, 2.24) is 20.9 Å². The fourth-order valence-electron chi connectivity index (χ4n) is 2.22. The molecule has 0 unspecified atom stereocenters. The summed E-state index contributed by atoms with van der Waals surface area (Å²) < 4.78 is 11.0. The van der Waals surface area contributed by atoms with Gasteiger partial charge in [-0.2, -0.15) is 0 Å². The first kappa shape index (κ1) is 27.2. The van der Waals surface area contributed by atoms with Crippen molar-refractivity contribution in [1.29, 1.82) is 0 Å². The highest BCUT2D eigenvalue weighted by molar-refractivity contribution is 14.0. The molecule has 1 rings (SSSR count). The number of alkyl carbamates (subject to hydrolysis) is 1. The molecule has 0 bridgehead atoms. The standard InChI is InChI=1S/C20H35N5O3.HI/c1-8-12-27-16-15(10-9-11-22-16)13-23-17(21-7)24-14-20(5,6)25-18(26)28-19(2,3)4;/h9-11H,8,12-14H2,1-7H3,(H,25,26)(H2,21,23,24);1H.